The Balaban J connectivity index is 1.91. The molecule has 0 saturated heterocycles. The van der Waals surface area contributed by atoms with E-state index in [1.54, 1.807) is 18.2 Å². The Morgan fingerprint density at radius 1 is 0.914 bits per heavy atom. The summed E-state index contributed by atoms with van der Waals surface area (Å²) in [5.41, 5.74) is 1.49. The Labute approximate surface area is 221 Å². The van der Waals surface area contributed by atoms with Gasteiger partial charge >= 0.3 is 0 Å². The zero-order chi connectivity index (χ0) is 26.1. The molecular weight excluding hydrogens is 481 g/mol. The maximum Gasteiger partial charge on any atom is 0.243 e. The number of hydrogen-bond donors (Lipinski definition) is 1. The maximum atomic E-state index is 12.1. The lowest BCUT2D eigenvalue weighted by molar-refractivity contribution is -0.116. The number of benzene rings is 2. The number of amides is 1. The largest absolute Gasteiger partial charge is 0.488 e. The van der Waals surface area contributed by atoms with Crippen molar-refractivity contribution in [3.8, 4) is 11.5 Å². The number of carbonyl (C=O) groups is 1. The fourth-order valence-electron chi connectivity index (χ4n) is 3.16. The summed E-state index contributed by atoms with van der Waals surface area (Å²) in [5, 5.41) is 3.89. The molecule has 0 spiro atoms. The highest BCUT2D eigenvalue weighted by molar-refractivity contribution is 6.42. The fraction of sp³-hybridized carbons (Fsp3) is 0.483. The van der Waals surface area contributed by atoms with Gasteiger partial charge in [0, 0.05) is 18.7 Å². The van der Waals surface area contributed by atoms with Crippen LogP contribution in [0.15, 0.2) is 42.5 Å². The second kappa shape index (κ2) is 13.2. The molecule has 1 N–H and O–H groups in total. The molecule has 0 aliphatic heterocycles. The zero-order valence-electron chi connectivity index (χ0n) is 21.8. The van der Waals surface area contributed by atoms with Gasteiger partial charge in [0.1, 0.15) is 22.7 Å². The lowest BCUT2D eigenvalue weighted by Crippen LogP contribution is -2.28. The molecule has 0 saturated carbocycles. The summed E-state index contributed by atoms with van der Waals surface area (Å²) in [6.07, 6.45) is 7.71. The van der Waals surface area contributed by atoms with Crippen molar-refractivity contribution in [3.05, 3.63) is 63.6 Å². The summed E-state index contributed by atoms with van der Waals surface area (Å²) < 4.78 is 12.6. The Kier molecular flexibility index (Phi) is 11.0. The van der Waals surface area contributed by atoms with Gasteiger partial charge in [-0.3, -0.25) is 4.79 Å². The summed E-state index contributed by atoms with van der Waals surface area (Å²) in [4.78, 5) is 12.1. The van der Waals surface area contributed by atoms with Crippen LogP contribution in [0.5, 0.6) is 11.5 Å². The molecule has 2 aromatic rings. The predicted molar refractivity (Wildman–Crippen MR) is 148 cm³/mol. The van der Waals surface area contributed by atoms with Crippen LogP contribution in [0.2, 0.25) is 10.0 Å². The van der Waals surface area contributed by atoms with E-state index in [9.17, 15) is 4.79 Å². The molecular formula is C29H39Cl2NO3. The van der Waals surface area contributed by atoms with Gasteiger partial charge in [0.05, 0.1) is 10.0 Å². The van der Waals surface area contributed by atoms with Gasteiger partial charge in [-0.15, -0.1) is 0 Å². The van der Waals surface area contributed by atoms with Crippen molar-refractivity contribution in [1.29, 1.82) is 0 Å². The SMILES string of the molecule is CCC(C)(C)Oc1ccc(CCCCNC(=O)/C=C/c2ccc(Cl)c(Cl)c2)c(OC(C)(C)CC)c1. The highest BCUT2D eigenvalue weighted by Gasteiger charge is 2.21. The van der Waals surface area contributed by atoms with Crippen LogP contribution >= 0.6 is 23.2 Å². The normalized spacial score (nSPS) is 12.1. The molecule has 0 aliphatic carbocycles. The first kappa shape index (κ1) is 29.1. The van der Waals surface area contributed by atoms with E-state index in [1.807, 2.05) is 18.2 Å². The molecule has 0 unspecified atom stereocenters. The average molecular weight is 521 g/mol. The summed E-state index contributed by atoms with van der Waals surface area (Å²) in [6, 6.07) is 11.4. The van der Waals surface area contributed by atoms with Crippen LogP contribution in [0.3, 0.4) is 0 Å². The van der Waals surface area contributed by atoms with E-state index in [0.717, 1.165) is 54.7 Å². The highest BCUT2D eigenvalue weighted by Crippen LogP contribution is 2.32. The van der Waals surface area contributed by atoms with Crippen LogP contribution in [0, 0.1) is 0 Å². The molecule has 35 heavy (non-hydrogen) atoms. The van der Waals surface area contributed by atoms with E-state index < -0.39 is 0 Å². The molecule has 0 radical (unpaired) electrons. The molecule has 4 nitrogen and oxygen atoms in total. The van der Waals surface area contributed by atoms with Crippen LogP contribution in [0.1, 0.15) is 78.4 Å². The monoisotopic (exact) mass is 519 g/mol. The van der Waals surface area contributed by atoms with Crippen LogP contribution in [-0.2, 0) is 11.2 Å². The lowest BCUT2D eigenvalue weighted by atomic mass is 10.0. The van der Waals surface area contributed by atoms with E-state index in [1.165, 1.54) is 6.08 Å². The van der Waals surface area contributed by atoms with Crippen molar-refractivity contribution >= 4 is 35.2 Å². The molecule has 6 heteroatoms. The first-order valence-corrected chi connectivity index (χ1v) is 13.1. The first-order valence-electron chi connectivity index (χ1n) is 12.4. The van der Waals surface area contributed by atoms with Crippen molar-refractivity contribution in [2.24, 2.45) is 0 Å². The van der Waals surface area contributed by atoms with Crippen molar-refractivity contribution in [3.63, 3.8) is 0 Å². The minimum absolute atomic E-state index is 0.134. The third-order valence-corrected chi connectivity index (χ3v) is 6.80. The molecule has 0 bridgehead atoms. The van der Waals surface area contributed by atoms with Crippen molar-refractivity contribution in [2.45, 2.75) is 84.8 Å². The van der Waals surface area contributed by atoms with Crippen molar-refractivity contribution in [1.82, 2.24) is 5.32 Å². The molecule has 0 aliphatic rings. The molecule has 192 valence electrons. The fourth-order valence-corrected chi connectivity index (χ4v) is 3.47. The van der Waals surface area contributed by atoms with Crippen molar-refractivity contribution in [2.75, 3.05) is 6.54 Å². The molecule has 0 fully saturated rings. The second-order valence-corrected chi connectivity index (χ2v) is 10.8. The Hall–Kier alpha value is -2.17. The summed E-state index contributed by atoms with van der Waals surface area (Å²) >= 11 is 11.9. The van der Waals surface area contributed by atoms with Crippen molar-refractivity contribution < 1.29 is 14.3 Å². The number of aryl methyl sites for hydroxylation is 1. The Bertz CT molecular complexity index is 1010. The molecule has 0 heterocycles. The minimum Gasteiger partial charge on any atom is -0.488 e. The topological polar surface area (TPSA) is 47.6 Å². The number of nitrogens with one attached hydrogen (secondary N) is 1. The van der Waals surface area contributed by atoms with Gasteiger partial charge in [0.15, 0.2) is 0 Å². The molecule has 2 aromatic carbocycles. The number of hydrogen-bond acceptors (Lipinski definition) is 3. The second-order valence-electron chi connectivity index (χ2n) is 9.96. The predicted octanol–water partition coefficient (Wildman–Crippen LogP) is 8.28. The number of unbranched alkanes of at least 4 members (excludes halogenated alkanes) is 1. The molecule has 1 amide bonds. The van der Waals surface area contributed by atoms with Gasteiger partial charge in [-0.1, -0.05) is 49.2 Å². The van der Waals surface area contributed by atoms with Crippen LogP contribution in [0.4, 0.5) is 0 Å². The van der Waals surface area contributed by atoms with Gasteiger partial charge < -0.3 is 14.8 Å². The first-order chi connectivity index (χ1) is 16.4. The number of halogens is 2. The molecule has 0 aromatic heterocycles. The standard InChI is InChI=1S/C29H39Cl2NO3/c1-7-28(3,4)34-23-15-14-22(26(20-23)35-29(5,6)8-2)11-9-10-18-32-27(33)17-13-21-12-16-24(30)25(31)19-21/h12-17,19-20H,7-11,18H2,1-6H3,(H,32,33)/b17-13+. The Morgan fingerprint density at radius 2 is 1.60 bits per heavy atom. The summed E-state index contributed by atoms with van der Waals surface area (Å²) in [6.45, 7) is 13.2. The van der Waals surface area contributed by atoms with Gasteiger partial charge in [-0.05, 0) is 95.2 Å². The minimum atomic E-state index is -0.262. The quantitative estimate of drug-likeness (QED) is 0.214. The van der Waals surface area contributed by atoms with E-state index in [4.69, 9.17) is 32.7 Å². The van der Waals surface area contributed by atoms with E-state index in [2.05, 4.69) is 52.9 Å². The summed E-state index contributed by atoms with van der Waals surface area (Å²) in [7, 11) is 0. The maximum absolute atomic E-state index is 12.1. The van der Waals surface area contributed by atoms with Crippen LogP contribution in [0.25, 0.3) is 6.08 Å². The van der Waals surface area contributed by atoms with Gasteiger partial charge in [0.2, 0.25) is 5.91 Å². The van der Waals surface area contributed by atoms with Crippen LogP contribution < -0.4 is 14.8 Å². The average Bonchev–Trinajstić information content (AvgIpc) is 2.80. The number of ether oxygens (including phenoxy) is 2. The molecule has 2 rings (SSSR count). The summed E-state index contributed by atoms with van der Waals surface area (Å²) in [5.74, 6) is 1.56. The number of rotatable bonds is 13. The van der Waals surface area contributed by atoms with Gasteiger partial charge in [-0.25, -0.2) is 0 Å². The van der Waals surface area contributed by atoms with E-state index in [0.29, 0.717) is 16.6 Å². The van der Waals surface area contributed by atoms with E-state index in [-0.39, 0.29) is 17.1 Å². The van der Waals surface area contributed by atoms with Gasteiger partial charge in [0.25, 0.3) is 0 Å². The third kappa shape index (κ3) is 10.1. The smallest absolute Gasteiger partial charge is 0.243 e. The van der Waals surface area contributed by atoms with Crippen LogP contribution in [-0.4, -0.2) is 23.7 Å². The van der Waals surface area contributed by atoms with E-state index >= 15 is 0 Å². The van der Waals surface area contributed by atoms with Gasteiger partial charge in [-0.2, -0.15) is 0 Å². The number of carbonyl (C=O) groups excluding carboxylic acids is 1. The highest BCUT2D eigenvalue weighted by atomic mass is 35.5. The lowest BCUT2D eigenvalue weighted by Gasteiger charge is -2.29. The Morgan fingerprint density at radius 3 is 2.26 bits per heavy atom. The molecule has 0 atom stereocenters. The third-order valence-electron chi connectivity index (χ3n) is 6.06. The zero-order valence-corrected chi connectivity index (χ0v) is 23.4.